The van der Waals surface area contributed by atoms with Crippen LogP contribution in [-0.2, 0) is 17.7 Å². The van der Waals surface area contributed by atoms with Crippen LogP contribution in [0.4, 0.5) is 0 Å². The van der Waals surface area contributed by atoms with Crippen LogP contribution < -0.4 is 0 Å². The minimum atomic E-state index is 0.128. The van der Waals surface area contributed by atoms with Gasteiger partial charge in [0.2, 0.25) is 0 Å². The van der Waals surface area contributed by atoms with Crippen molar-refractivity contribution in [1.82, 2.24) is 19.9 Å². The Hall–Kier alpha value is -2.34. The lowest BCUT2D eigenvalue weighted by molar-refractivity contribution is 0.392. The zero-order valence-electron chi connectivity index (χ0n) is 16.6. The second kappa shape index (κ2) is 7.72. The molecule has 0 bridgehead atoms. The van der Waals surface area contributed by atoms with Crippen LogP contribution in [0.15, 0.2) is 46.6 Å². The van der Waals surface area contributed by atoms with Crippen molar-refractivity contribution in [3.63, 3.8) is 0 Å². The Labute approximate surface area is 164 Å². The van der Waals surface area contributed by atoms with Crippen molar-refractivity contribution in [3.05, 3.63) is 59.5 Å². The first kappa shape index (κ1) is 19.4. The molecule has 0 N–H and O–H groups in total. The zero-order chi connectivity index (χ0) is 19.6. The fraction of sp³-hybridized carbons (Fsp3) is 0.381. The first-order valence-corrected chi connectivity index (χ1v) is 9.99. The summed E-state index contributed by atoms with van der Waals surface area (Å²) in [5.41, 5.74) is 4.52. The SMILES string of the molecule is C=CCn1c(SCc2c(C)noc2C)nnc1-c1ccc(C(C)(C)C)cc1. The third-order valence-electron chi connectivity index (χ3n) is 4.56. The summed E-state index contributed by atoms with van der Waals surface area (Å²) in [5, 5.41) is 13.8. The molecule has 0 fully saturated rings. The highest BCUT2D eigenvalue weighted by Gasteiger charge is 2.18. The fourth-order valence-electron chi connectivity index (χ4n) is 2.87. The fourth-order valence-corrected chi connectivity index (χ4v) is 3.97. The van der Waals surface area contributed by atoms with Gasteiger partial charge in [-0.15, -0.1) is 16.8 Å². The van der Waals surface area contributed by atoms with E-state index in [1.807, 2.05) is 19.9 Å². The molecule has 1 aromatic carbocycles. The maximum absolute atomic E-state index is 5.25. The van der Waals surface area contributed by atoms with Gasteiger partial charge in [-0.3, -0.25) is 4.57 Å². The predicted octanol–water partition coefficient (Wildman–Crippen LogP) is 5.33. The van der Waals surface area contributed by atoms with E-state index in [2.05, 4.69) is 71.5 Å². The van der Waals surface area contributed by atoms with E-state index in [0.29, 0.717) is 6.54 Å². The standard InChI is InChI=1S/C21H26N4OS/c1-7-12-25-19(16-8-10-17(11-9-16)21(4,5)6)22-23-20(25)27-13-18-14(2)24-26-15(18)3/h7-11H,1,12-13H2,2-6H3. The van der Waals surface area contributed by atoms with Crippen LogP contribution >= 0.6 is 11.8 Å². The van der Waals surface area contributed by atoms with Gasteiger partial charge in [0, 0.05) is 23.4 Å². The molecule has 0 spiro atoms. The normalized spacial score (nSPS) is 11.7. The second-order valence-corrected chi connectivity index (χ2v) is 8.57. The van der Waals surface area contributed by atoms with Gasteiger partial charge in [-0.05, 0) is 24.8 Å². The average Bonchev–Trinajstić information content (AvgIpc) is 3.16. The molecule has 0 aliphatic heterocycles. The Morgan fingerprint density at radius 1 is 1.15 bits per heavy atom. The molecule has 0 amide bonds. The molecule has 0 aliphatic carbocycles. The van der Waals surface area contributed by atoms with Gasteiger partial charge >= 0.3 is 0 Å². The number of aromatic nitrogens is 4. The number of benzene rings is 1. The Balaban J connectivity index is 1.88. The Morgan fingerprint density at radius 2 is 1.85 bits per heavy atom. The summed E-state index contributed by atoms with van der Waals surface area (Å²) in [6.45, 7) is 15.1. The van der Waals surface area contributed by atoms with Gasteiger partial charge in [-0.25, -0.2) is 0 Å². The molecule has 0 aliphatic rings. The van der Waals surface area contributed by atoms with Crippen LogP contribution in [0.5, 0.6) is 0 Å². The summed E-state index contributed by atoms with van der Waals surface area (Å²) < 4.78 is 7.35. The lowest BCUT2D eigenvalue weighted by Crippen LogP contribution is -2.10. The molecule has 3 rings (SSSR count). The topological polar surface area (TPSA) is 56.7 Å². The largest absolute Gasteiger partial charge is 0.361 e. The smallest absolute Gasteiger partial charge is 0.192 e. The molecule has 27 heavy (non-hydrogen) atoms. The highest BCUT2D eigenvalue weighted by molar-refractivity contribution is 7.98. The van der Waals surface area contributed by atoms with E-state index in [4.69, 9.17) is 4.52 Å². The highest BCUT2D eigenvalue weighted by Crippen LogP contribution is 2.30. The average molecular weight is 383 g/mol. The van der Waals surface area contributed by atoms with Crippen molar-refractivity contribution >= 4 is 11.8 Å². The van der Waals surface area contributed by atoms with Crippen LogP contribution in [0.1, 0.15) is 43.4 Å². The molecule has 0 unspecified atom stereocenters. The minimum absolute atomic E-state index is 0.128. The van der Waals surface area contributed by atoms with E-state index in [0.717, 1.165) is 39.3 Å². The molecule has 5 nitrogen and oxygen atoms in total. The van der Waals surface area contributed by atoms with Gasteiger partial charge in [0.1, 0.15) is 5.76 Å². The maximum Gasteiger partial charge on any atom is 0.192 e. The van der Waals surface area contributed by atoms with E-state index in [1.165, 1.54) is 5.56 Å². The van der Waals surface area contributed by atoms with Crippen LogP contribution in [0.25, 0.3) is 11.4 Å². The van der Waals surface area contributed by atoms with Crippen LogP contribution in [0.2, 0.25) is 0 Å². The second-order valence-electron chi connectivity index (χ2n) is 7.62. The molecule has 2 heterocycles. The zero-order valence-corrected chi connectivity index (χ0v) is 17.4. The molecule has 6 heteroatoms. The van der Waals surface area contributed by atoms with E-state index in [1.54, 1.807) is 11.8 Å². The molecule has 0 saturated heterocycles. The Morgan fingerprint density at radius 3 is 2.41 bits per heavy atom. The Bertz CT molecular complexity index is 913. The third-order valence-corrected chi connectivity index (χ3v) is 5.56. The summed E-state index contributed by atoms with van der Waals surface area (Å²) in [5.74, 6) is 2.46. The summed E-state index contributed by atoms with van der Waals surface area (Å²) in [6.07, 6.45) is 1.87. The number of nitrogens with zero attached hydrogens (tertiary/aromatic N) is 4. The molecule has 2 aromatic heterocycles. The third kappa shape index (κ3) is 4.16. The predicted molar refractivity (Wildman–Crippen MR) is 110 cm³/mol. The van der Waals surface area contributed by atoms with Gasteiger partial charge < -0.3 is 4.52 Å². The van der Waals surface area contributed by atoms with E-state index in [9.17, 15) is 0 Å². The maximum atomic E-state index is 5.25. The van der Waals surface area contributed by atoms with Gasteiger partial charge in [0.15, 0.2) is 11.0 Å². The molecule has 0 radical (unpaired) electrons. The number of hydrogen-bond donors (Lipinski definition) is 0. The molecule has 142 valence electrons. The number of allylic oxidation sites excluding steroid dienone is 1. The van der Waals surface area contributed by atoms with Crippen molar-refractivity contribution in [2.75, 3.05) is 0 Å². The van der Waals surface area contributed by atoms with Gasteiger partial charge in [0.05, 0.1) is 5.69 Å². The highest BCUT2D eigenvalue weighted by atomic mass is 32.2. The molecule has 0 saturated carbocycles. The number of aryl methyl sites for hydroxylation is 2. The molecule has 0 atom stereocenters. The van der Waals surface area contributed by atoms with E-state index in [-0.39, 0.29) is 5.41 Å². The molecular formula is C21H26N4OS. The molecule has 3 aromatic rings. The number of hydrogen-bond acceptors (Lipinski definition) is 5. The van der Waals surface area contributed by atoms with E-state index < -0.39 is 0 Å². The van der Waals surface area contributed by atoms with Gasteiger partial charge in [0.25, 0.3) is 0 Å². The summed E-state index contributed by atoms with van der Waals surface area (Å²) in [6, 6.07) is 8.57. The van der Waals surface area contributed by atoms with Crippen molar-refractivity contribution in [1.29, 1.82) is 0 Å². The molecular weight excluding hydrogens is 356 g/mol. The lowest BCUT2D eigenvalue weighted by Gasteiger charge is -2.19. The van der Waals surface area contributed by atoms with Crippen LogP contribution in [0.3, 0.4) is 0 Å². The van der Waals surface area contributed by atoms with Gasteiger partial charge in [-0.2, -0.15) is 0 Å². The summed E-state index contributed by atoms with van der Waals surface area (Å²) in [7, 11) is 0. The van der Waals surface area contributed by atoms with Crippen molar-refractivity contribution in [2.45, 2.75) is 57.5 Å². The Kier molecular flexibility index (Phi) is 5.56. The monoisotopic (exact) mass is 382 g/mol. The minimum Gasteiger partial charge on any atom is -0.361 e. The number of thioether (sulfide) groups is 1. The van der Waals surface area contributed by atoms with E-state index >= 15 is 0 Å². The first-order valence-electron chi connectivity index (χ1n) is 9.01. The van der Waals surface area contributed by atoms with Crippen LogP contribution in [0, 0.1) is 13.8 Å². The van der Waals surface area contributed by atoms with Gasteiger partial charge in [-0.1, -0.05) is 68.0 Å². The van der Waals surface area contributed by atoms with Crippen LogP contribution in [-0.4, -0.2) is 19.9 Å². The summed E-state index contributed by atoms with van der Waals surface area (Å²) in [4.78, 5) is 0. The van der Waals surface area contributed by atoms with Crippen molar-refractivity contribution in [2.24, 2.45) is 0 Å². The lowest BCUT2D eigenvalue weighted by atomic mass is 9.87. The number of rotatable bonds is 6. The summed E-state index contributed by atoms with van der Waals surface area (Å²) >= 11 is 1.64. The van der Waals surface area contributed by atoms with Crippen molar-refractivity contribution in [3.8, 4) is 11.4 Å². The quantitative estimate of drug-likeness (QED) is 0.426. The van der Waals surface area contributed by atoms with Crippen molar-refractivity contribution < 1.29 is 4.52 Å². The first-order chi connectivity index (χ1) is 12.8.